The molecule has 0 bridgehead atoms. The van der Waals surface area contributed by atoms with E-state index in [1.807, 2.05) is 6.20 Å². The lowest BCUT2D eigenvalue weighted by atomic mass is 9.82. The molecule has 0 aliphatic rings. The first kappa shape index (κ1) is 25.0. The van der Waals surface area contributed by atoms with Gasteiger partial charge in [0.25, 0.3) is 0 Å². The Balaban J connectivity index is 1.54. The fourth-order valence-corrected chi connectivity index (χ4v) is 5.20. The number of nitrogens with zero attached hydrogens (tertiary/aromatic N) is 1. The van der Waals surface area contributed by atoms with Crippen LogP contribution in [0.15, 0.2) is 103 Å². The molecular formula is C36H37N. The number of hydrogen-bond acceptors (Lipinski definition) is 1. The zero-order valence-electron chi connectivity index (χ0n) is 23.0. The molecule has 0 N–H and O–H groups in total. The third-order valence-electron chi connectivity index (χ3n) is 6.92. The smallest absolute Gasteiger partial charge is 0.0708 e. The maximum atomic E-state index is 4.79. The molecule has 0 unspecified atom stereocenters. The van der Waals surface area contributed by atoms with Gasteiger partial charge in [0, 0.05) is 11.8 Å². The first-order chi connectivity index (χ1) is 17.6. The molecule has 4 aromatic carbocycles. The zero-order valence-corrected chi connectivity index (χ0v) is 23.0. The number of benzene rings is 4. The predicted octanol–water partition coefficient (Wildman–Crippen LogP) is 10.1. The van der Waals surface area contributed by atoms with Crippen LogP contribution in [0.25, 0.3) is 44.3 Å². The summed E-state index contributed by atoms with van der Waals surface area (Å²) in [6, 6.07) is 35.5. The number of pyridine rings is 1. The van der Waals surface area contributed by atoms with E-state index < -0.39 is 0 Å². The van der Waals surface area contributed by atoms with Crippen LogP contribution >= 0.6 is 0 Å². The molecule has 0 radical (unpaired) electrons. The van der Waals surface area contributed by atoms with Crippen LogP contribution in [0.4, 0.5) is 0 Å². The summed E-state index contributed by atoms with van der Waals surface area (Å²) in [5.74, 6) is 0. The van der Waals surface area contributed by atoms with Crippen molar-refractivity contribution in [2.45, 2.75) is 53.4 Å². The Morgan fingerprint density at radius 2 is 1.22 bits per heavy atom. The van der Waals surface area contributed by atoms with Gasteiger partial charge in [0.1, 0.15) is 0 Å². The van der Waals surface area contributed by atoms with Gasteiger partial charge in [-0.05, 0) is 91.7 Å². The Kier molecular flexibility index (Phi) is 6.50. The number of aromatic nitrogens is 1. The normalized spacial score (nSPS) is 12.2. The van der Waals surface area contributed by atoms with E-state index in [2.05, 4.69) is 139 Å². The molecule has 37 heavy (non-hydrogen) atoms. The van der Waals surface area contributed by atoms with Gasteiger partial charge in [-0.1, -0.05) is 108 Å². The minimum Gasteiger partial charge on any atom is -0.256 e. The minimum atomic E-state index is 0.0447. The maximum Gasteiger partial charge on any atom is 0.0708 e. The number of rotatable bonds is 4. The van der Waals surface area contributed by atoms with Crippen LogP contribution in [-0.4, -0.2) is 4.98 Å². The quantitative estimate of drug-likeness (QED) is 0.248. The van der Waals surface area contributed by atoms with Crippen molar-refractivity contribution in [2.24, 2.45) is 5.41 Å². The first-order valence-electron chi connectivity index (χ1n) is 13.3. The molecule has 0 fully saturated rings. The second-order valence-corrected chi connectivity index (χ2v) is 12.4. The summed E-state index contributed by atoms with van der Waals surface area (Å²) in [6.45, 7) is 13.7. The van der Waals surface area contributed by atoms with Crippen molar-refractivity contribution in [3.63, 3.8) is 0 Å². The van der Waals surface area contributed by atoms with E-state index in [1.54, 1.807) is 0 Å². The summed E-state index contributed by atoms with van der Waals surface area (Å²) in [5.41, 5.74) is 10.1. The standard InChI is InChI=1S/C36H37N/c1-35(2,3)24-25-11-9-13-26(19-25)27-14-10-15-28(20-27)29-17-18-37-34(23-29)31-21-30-12-7-8-16-32(30)33(22-31)36(4,5)6/h7-23H,24H2,1-6H3. The summed E-state index contributed by atoms with van der Waals surface area (Å²) < 4.78 is 0. The zero-order chi connectivity index (χ0) is 26.2. The Morgan fingerprint density at radius 1 is 0.568 bits per heavy atom. The third-order valence-corrected chi connectivity index (χ3v) is 6.92. The van der Waals surface area contributed by atoms with Gasteiger partial charge in [0.05, 0.1) is 5.69 Å². The largest absolute Gasteiger partial charge is 0.256 e. The Hall–Kier alpha value is -3.71. The van der Waals surface area contributed by atoms with Gasteiger partial charge >= 0.3 is 0 Å². The highest BCUT2D eigenvalue weighted by Crippen LogP contribution is 2.36. The molecule has 0 aliphatic heterocycles. The second-order valence-electron chi connectivity index (χ2n) is 12.4. The SMILES string of the molecule is CC(C)(C)Cc1cccc(-c2cccc(-c3ccnc(-c4cc(C(C)(C)C)c5ccccc5c4)c3)c2)c1. The van der Waals surface area contributed by atoms with E-state index in [0.717, 1.165) is 17.7 Å². The van der Waals surface area contributed by atoms with Crippen LogP contribution in [0.5, 0.6) is 0 Å². The van der Waals surface area contributed by atoms with Crippen molar-refractivity contribution in [1.29, 1.82) is 0 Å². The maximum absolute atomic E-state index is 4.79. The summed E-state index contributed by atoms with van der Waals surface area (Å²) in [4.78, 5) is 4.79. The van der Waals surface area contributed by atoms with Gasteiger partial charge in [-0.2, -0.15) is 0 Å². The van der Waals surface area contributed by atoms with Crippen molar-refractivity contribution >= 4 is 10.8 Å². The fraction of sp³-hybridized carbons (Fsp3) is 0.250. The molecule has 1 aromatic heterocycles. The highest BCUT2D eigenvalue weighted by Gasteiger charge is 2.19. The molecule has 186 valence electrons. The van der Waals surface area contributed by atoms with Crippen molar-refractivity contribution in [3.8, 4) is 33.5 Å². The third kappa shape index (κ3) is 5.67. The van der Waals surface area contributed by atoms with Crippen LogP contribution in [0.1, 0.15) is 52.7 Å². The molecule has 0 saturated carbocycles. The molecule has 1 nitrogen and oxygen atoms in total. The van der Waals surface area contributed by atoms with Gasteiger partial charge in [-0.3, -0.25) is 4.98 Å². The van der Waals surface area contributed by atoms with Crippen molar-refractivity contribution in [2.75, 3.05) is 0 Å². The van der Waals surface area contributed by atoms with E-state index in [0.29, 0.717) is 0 Å². The Morgan fingerprint density at radius 3 is 1.92 bits per heavy atom. The average molecular weight is 484 g/mol. The lowest BCUT2D eigenvalue weighted by Crippen LogP contribution is -2.12. The highest BCUT2D eigenvalue weighted by molar-refractivity contribution is 5.91. The van der Waals surface area contributed by atoms with Crippen molar-refractivity contribution < 1.29 is 0 Å². The van der Waals surface area contributed by atoms with E-state index >= 15 is 0 Å². The van der Waals surface area contributed by atoms with Gasteiger partial charge < -0.3 is 0 Å². The van der Waals surface area contributed by atoms with Gasteiger partial charge in [0.2, 0.25) is 0 Å². The number of fused-ring (bicyclic) bond motifs is 1. The Bertz CT molecular complexity index is 1560. The molecule has 1 heterocycles. The summed E-state index contributed by atoms with van der Waals surface area (Å²) >= 11 is 0. The Labute approximate surface area is 222 Å². The van der Waals surface area contributed by atoms with E-state index in [4.69, 9.17) is 4.98 Å². The van der Waals surface area contributed by atoms with E-state index in [1.165, 1.54) is 44.2 Å². The summed E-state index contributed by atoms with van der Waals surface area (Å²) in [7, 11) is 0. The van der Waals surface area contributed by atoms with Gasteiger partial charge in [0.15, 0.2) is 0 Å². The van der Waals surface area contributed by atoms with Crippen LogP contribution in [0.2, 0.25) is 0 Å². The summed E-state index contributed by atoms with van der Waals surface area (Å²) in [6.07, 6.45) is 3.00. The highest BCUT2D eigenvalue weighted by atomic mass is 14.7. The van der Waals surface area contributed by atoms with E-state index in [9.17, 15) is 0 Å². The van der Waals surface area contributed by atoms with Crippen LogP contribution in [-0.2, 0) is 11.8 Å². The lowest BCUT2D eigenvalue weighted by Gasteiger charge is -2.22. The second kappa shape index (κ2) is 9.63. The van der Waals surface area contributed by atoms with Crippen molar-refractivity contribution in [1.82, 2.24) is 4.98 Å². The molecular weight excluding hydrogens is 446 g/mol. The monoisotopic (exact) mass is 483 g/mol. The average Bonchev–Trinajstić information content (AvgIpc) is 2.87. The summed E-state index contributed by atoms with van der Waals surface area (Å²) in [5, 5.41) is 2.57. The predicted molar refractivity (Wildman–Crippen MR) is 160 cm³/mol. The number of hydrogen-bond donors (Lipinski definition) is 0. The van der Waals surface area contributed by atoms with Crippen LogP contribution in [0, 0.1) is 5.41 Å². The molecule has 0 saturated heterocycles. The molecule has 0 spiro atoms. The molecule has 0 atom stereocenters. The lowest BCUT2D eigenvalue weighted by molar-refractivity contribution is 0.411. The molecule has 0 aliphatic carbocycles. The van der Waals surface area contributed by atoms with Crippen LogP contribution < -0.4 is 0 Å². The minimum absolute atomic E-state index is 0.0447. The molecule has 5 aromatic rings. The molecule has 5 rings (SSSR count). The fourth-order valence-electron chi connectivity index (χ4n) is 5.20. The first-order valence-corrected chi connectivity index (χ1v) is 13.3. The molecule has 0 amide bonds. The topological polar surface area (TPSA) is 12.9 Å². The molecule has 1 heteroatoms. The van der Waals surface area contributed by atoms with Gasteiger partial charge in [-0.25, -0.2) is 0 Å². The van der Waals surface area contributed by atoms with Crippen molar-refractivity contribution in [3.05, 3.63) is 114 Å². The van der Waals surface area contributed by atoms with E-state index in [-0.39, 0.29) is 10.8 Å². The van der Waals surface area contributed by atoms with Crippen LogP contribution in [0.3, 0.4) is 0 Å². The van der Waals surface area contributed by atoms with Gasteiger partial charge in [-0.15, -0.1) is 0 Å².